The van der Waals surface area contributed by atoms with Crippen molar-refractivity contribution in [3.63, 3.8) is 0 Å². The Morgan fingerprint density at radius 1 is 1.10 bits per heavy atom. The van der Waals surface area contributed by atoms with Gasteiger partial charge in [0.1, 0.15) is 5.82 Å². The molecule has 0 unspecified atom stereocenters. The lowest BCUT2D eigenvalue weighted by Gasteiger charge is -2.18. The third-order valence-electron chi connectivity index (χ3n) is 5.54. The number of carbonyl (C=O) groups is 1. The van der Waals surface area contributed by atoms with Crippen LogP contribution >= 0.6 is 0 Å². The number of hydrogen-bond acceptors (Lipinski definition) is 5. The first kappa shape index (κ1) is 22.4. The summed E-state index contributed by atoms with van der Waals surface area (Å²) in [7, 11) is -3.45. The molecular weight excluding hydrogens is 402 g/mol. The van der Waals surface area contributed by atoms with Gasteiger partial charge in [0, 0.05) is 32.5 Å². The van der Waals surface area contributed by atoms with Crippen molar-refractivity contribution in [2.24, 2.45) is 0 Å². The minimum Gasteiger partial charge on any atom is -0.349 e. The summed E-state index contributed by atoms with van der Waals surface area (Å²) in [5.74, 6) is 1.77. The van der Waals surface area contributed by atoms with Crippen molar-refractivity contribution in [2.75, 3.05) is 13.1 Å². The van der Waals surface area contributed by atoms with Crippen molar-refractivity contribution < 1.29 is 13.2 Å². The minimum atomic E-state index is -3.45. The summed E-state index contributed by atoms with van der Waals surface area (Å²) >= 11 is 0. The molecule has 1 aromatic carbocycles. The zero-order valence-corrected chi connectivity index (χ0v) is 18.6. The maximum Gasteiger partial charge on any atom is 0.243 e. The number of amides is 1. The van der Waals surface area contributed by atoms with Crippen LogP contribution in [0.2, 0.25) is 0 Å². The van der Waals surface area contributed by atoms with Gasteiger partial charge in [-0.1, -0.05) is 32.4 Å². The molecule has 3 rings (SSSR count). The van der Waals surface area contributed by atoms with Crippen molar-refractivity contribution in [1.29, 1.82) is 0 Å². The molecule has 2 aromatic rings. The number of aromatic nitrogens is 3. The van der Waals surface area contributed by atoms with Crippen molar-refractivity contribution in [2.45, 2.75) is 70.4 Å². The Kier molecular flexibility index (Phi) is 7.60. The van der Waals surface area contributed by atoms with Crippen LogP contribution in [-0.4, -0.2) is 46.5 Å². The highest BCUT2D eigenvalue weighted by Crippen LogP contribution is 2.17. The fraction of sp³-hybridized carbons (Fsp3) is 0.571. The lowest BCUT2D eigenvalue weighted by atomic mass is 10.1. The van der Waals surface area contributed by atoms with E-state index in [9.17, 15) is 13.2 Å². The van der Waals surface area contributed by atoms with E-state index >= 15 is 0 Å². The van der Waals surface area contributed by atoms with E-state index in [2.05, 4.69) is 20.1 Å². The van der Waals surface area contributed by atoms with Crippen LogP contribution in [0.5, 0.6) is 0 Å². The van der Waals surface area contributed by atoms with E-state index in [4.69, 9.17) is 0 Å². The summed E-state index contributed by atoms with van der Waals surface area (Å²) in [6, 6.07) is 6.79. The van der Waals surface area contributed by atoms with Crippen LogP contribution < -0.4 is 5.32 Å². The zero-order chi connectivity index (χ0) is 21.6. The van der Waals surface area contributed by atoms with Gasteiger partial charge in [-0.3, -0.25) is 4.79 Å². The van der Waals surface area contributed by atoms with Gasteiger partial charge < -0.3 is 9.88 Å². The van der Waals surface area contributed by atoms with Crippen LogP contribution in [-0.2, 0) is 40.7 Å². The average Bonchev–Trinajstić information content (AvgIpc) is 2.97. The first-order valence-electron chi connectivity index (χ1n) is 10.7. The molecular formula is C21H31N5O3S. The molecule has 1 aromatic heterocycles. The molecule has 9 heteroatoms. The summed E-state index contributed by atoms with van der Waals surface area (Å²) in [4.78, 5) is 12.6. The Hall–Kier alpha value is -2.26. The van der Waals surface area contributed by atoms with Gasteiger partial charge in [-0.25, -0.2) is 8.42 Å². The molecule has 1 amide bonds. The van der Waals surface area contributed by atoms with Gasteiger partial charge in [0.2, 0.25) is 15.9 Å². The lowest BCUT2D eigenvalue weighted by molar-refractivity contribution is -0.121. The minimum absolute atomic E-state index is 0.0548. The maximum atomic E-state index is 12.5. The van der Waals surface area contributed by atoms with Crippen LogP contribution in [0.15, 0.2) is 29.2 Å². The summed E-state index contributed by atoms with van der Waals surface area (Å²) in [6.45, 7) is 5.82. The number of carbonyl (C=O) groups excluding carboxylic acids is 1. The third-order valence-corrected chi connectivity index (χ3v) is 7.60. The van der Waals surface area contributed by atoms with Gasteiger partial charge >= 0.3 is 0 Å². The van der Waals surface area contributed by atoms with E-state index in [1.165, 1.54) is 10.7 Å². The highest BCUT2D eigenvalue weighted by molar-refractivity contribution is 7.89. The van der Waals surface area contributed by atoms with Gasteiger partial charge in [0.15, 0.2) is 5.82 Å². The Labute approximate surface area is 178 Å². The molecule has 8 nitrogen and oxygen atoms in total. The average molecular weight is 434 g/mol. The molecule has 1 N–H and O–H groups in total. The number of sulfonamides is 1. The van der Waals surface area contributed by atoms with E-state index in [0.29, 0.717) is 32.5 Å². The van der Waals surface area contributed by atoms with Crippen molar-refractivity contribution in [3.8, 4) is 0 Å². The van der Waals surface area contributed by atoms with E-state index in [0.717, 1.165) is 43.0 Å². The van der Waals surface area contributed by atoms with E-state index in [1.54, 1.807) is 24.3 Å². The molecule has 30 heavy (non-hydrogen) atoms. The van der Waals surface area contributed by atoms with E-state index < -0.39 is 10.0 Å². The fourth-order valence-electron chi connectivity index (χ4n) is 3.74. The molecule has 1 aliphatic rings. The van der Waals surface area contributed by atoms with E-state index in [-0.39, 0.29) is 10.8 Å². The number of hydrogen-bond donors (Lipinski definition) is 1. The van der Waals surface area contributed by atoms with Crippen molar-refractivity contribution in [3.05, 3.63) is 41.5 Å². The molecule has 2 heterocycles. The van der Waals surface area contributed by atoms with E-state index in [1.807, 2.05) is 13.8 Å². The number of rotatable bonds is 9. The van der Waals surface area contributed by atoms with Gasteiger partial charge in [-0.15, -0.1) is 10.2 Å². The first-order valence-corrected chi connectivity index (χ1v) is 12.2. The number of fused-ring (bicyclic) bond motifs is 1. The lowest BCUT2D eigenvalue weighted by Crippen LogP contribution is -2.30. The SMILES string of the molecule is CCN(CC)S(=O)(=O)c1ccc(CCC(=O)NCc2nnc3n2CCCCC3)cc1. The molecule has 0 saturated carbocycles. The maximum absolute atomic E-state index is 12.5. The highest BCUT2D eigenvalue weighted by atomic mass is 32.2. The summed E-state index contributed by atoms with van der Waals surface area (Å²) < 4.78 is 28.6. The summed E-state index contributed by atoms with van der Waals surface area (Å²) in [5, 5.41) is 11.4. The fourth-order valence-corrected chi connectivity index (χ4v) is 5.20. The smallest absolute Gasteiger partial charge is 0.243 e. The molecule has 0 saturated heterocycles. The zero-order valence-electron chi connectivity index (χ0n) is 17.8. The Bertz CT molecular complexity index is 950. The van der Waals surface area contributed by atoms with Crippen LogP contribution in [0.1, 0.15) is 56.7 Å². The monoisotopic (exact) mass is 433 g/mol. The number of benzene rings is 1. The molecule has 0 bridgehead atoms. The predicted molar refractivity (Wildman–Crippen MR) is 114 cm³/mol. The van der Waals surface area contributed by atoms with Gasteiger partial charge in [-0.05, 0) is 37.0 Å². The molecule has 1 aliphatic heterocycles. The first-order chi connectivity index (χ1) is 14.5. The van der Waals surface area contributed by atoms with Gasteiger partial charge in [-0.2, -0.15) is 4.31 Å². The van der Waals surface area contributed by atoms with Crippen LogP contribution in [0.3, 0.4) is 0 Å². The van der Waals surface area contributed by atoms with Gasteiger partial charge in [0.05, 0.1) is 11.4 Å². The molecule has 0 radical (unpaired) electrons. The topological polar surface area (TPSA) is 97.2 Å². The second-order valence-corrected chi connectivity index (χ2v) is 9.44. The Morgan fingerprint density at radius 3 is 2.53 bits per heavy atom. The molecule has 0 spiro atoms. The summed E-state index contributed by atoms with van der Waals surface area (Å²) in [5.41, 5.74) is 0.931. The molecule has 0 aliphatic carbocycles. The second-order valence-electron chi connectivity index (χ2n) is 7.50. The quantitative estimate of drug-likeness (QED) is 0.654. The Balaban J connectivity index is 1.51. The number of nitrogens with zero attached hydrogens (tertiary/aromatic N) is 4. The molecule has 164 valence electrons. The Morgan fingerprint density at radius 2 is 1.83 bits per heavy atom. The largest absolute Gasteiger partial charge is 0.349 e. The highest BCUT2D eigenvalue weighted by Gasteiger charge is 2.21. The number of aryl methyl sites for hydroxylation is 2. The summed E-state index contributed by atoms with van der Waals surface area (Å²) in [6.07, 6.45) is 5.29. The normalized spacial score (nSPS) is 14.4. The third kappa shape index (κ3) is 5.26. The number of nitrogens with one attached hydrogen (secondary N) is 1. The second kappa shape index (κ2) is 10.2. The van der Waals surface area contributed by atoms with Crippen molar-refractivity contribution in [1.82, 2.24) is 24.4 Å². The molecule has 0 fully saturated rings. The standard InChI is InChI=1S/C21H31N5O3S/c1-3-25(4-2)30(28,29)18-12-9-17(10-13-18)11-14-21(27)22-16-20-24-23-19-8-6-5-7-15-26(19)20/h9-10,12-13H,3-8,11,14-16H2,1-2H3,(H,22,27). The van der Waals surface area contributed by atoms with Gasteiger partial charge in [0.25, 0.3) is 0 Å². The van der Waals surface area contributed by atoms with Crippen LogP contribution in [0.4, 0.5) is 0 Å². The van der Waals surface area contributed by atoms with Crippen LogP contribution in [0.25, 0.3) is 0 Å². The van der Waals surface area contributed by atoms with Crippen molar-refractivity contribution >= 4 is 15.9 Å². The predicted octanol–water partition coefficient (Wildman–Crippen LogP) is 2.28. The van der Waals surface area contributed by atoms with Crippen LogP contribution in [0, 0.1) is 0 Å². The molecule has 0 atom stereocenters.